The summed E-state index contributed by atoms with van der Waals surface area (Å²) >= 11 is 7.13. The summed E-state index contributed by atoms with van der Waals surface area (Å²) in [5.74, 6) is -2.00. The van der Waals surface area contributed by atoms with Gasteiger partial charge in [-0.3, -0.25) is 10.1 Å². The number of hydrogen-bond donors (Lipinski definition) is 4. The van der Waals surface area contributed by atoms with Crippen molar-refractivity contribution in [1.82, 2.24) is 5.32 Å². The highest BCUT2D eigenvalue weighted by Gasteiger charge is 2.11. The summed E-state index contributed by atoms with van der Waals surface area (Å²) in [7, 11) is 0. The second kappa shape index (κ2) is 7.38. The van der Waals surface area contributed by atoms with E-state index in [1.807, 2.05) is 6.07 Å². The van der Waals surface area contributed by atoms with Gasteiger partial charge in [-0.15, -0.1) is 0 Å². The molecule has 0 spiro atoms. The van der Waals surface area contributed by atoms with Gasteiger partial charge in [0.15, 0.2) is 5.11 Å². The Morgan fingerprint density at radius 3 is 2.48 bits per heavy atom. The van der Waals surface area contributed by atoms with Gasteiger partial charge in [-0.05, 0) is 65.1 Å². The van der Waals surface area contributed by atoms with E-state index < -0.39 is 11.7 Å². The van der Waals surface area contributed by atoms with Crippen molar-refractivity contribution in [3.05, 3.63) is 57.2 Å². The highest BCUT2D eigenvalue weighted by Crippen LogP contribution is 2.21. The van der Waals surface area contributed by atoms with Gasteiger partial charge >= 0.3 is 5.97 Å². The Morgan fingerprint density at radius 2 is 1.87 bits per heavy atom. The molecule has 0 aliphatic carbocycles. The first-order valence-corrected chi connectivity index (χ1v) is 7.79. The number of nitrogens with one attached hydrogen (secondary N) is 2. The maximum Gasteiger partial charge on any atom is 0.339 e. The maximum absolute atomic E-state index is 12.0. The van der Waals surface area contributed by atoms with Crippen LogP contribution in [-0.4, -0.2) is 27.2 Å². The minimum absolute atomic E-state index is 0.0383. The van der Waals surface area contributed by atoms with E-state index in [1.165, 1.54) is 18.2 Å². The van der Waals surface area contributed by atoms with E-state index in [0.717, 1.165) is 3.57 Å². The highest BCUT2D eigenvalue weighted by atomic mass is 127. The van der Waals surface area contributed by atoms with Gasteiger partial charge in [-0.1, -0.05) is 6.07 Å². The molecule has 0 aliphatic heterocycles. The molecule has 0 radical (unpaired) electrons. The van der Waals surface area contributed by atoms with Crippen LogP contribution in [0, 0.1) is 3.57 Å². The SMILES string of the molecule is O=C(NC(=S)Nc1ccc(C(=O)O)c(O)c1)c1cccc(I)c1. The van der Waals surface area contributed by atoms with Crippen molar-refractivity contribution in [3.63, 3.8) is 0 Å². The smallest absolute Gasteiger partial charge is 0.339 e. The predicted molar refractivity (Wildman–Crippen MR) is 97.9 cm³/mol. The molecule has 4 N–H and O–H groups in total. The number of thiocarbonyl (C=S) groups is 1. The van der Waals surface area contributed by atoms with Crippen molar-refractivity contribution in [3.8, 4) is 5.75 Å². The van der Waals surface area contributed by atoms with Crippen LogP contribution in [0.5, 0.6) is 5.75 Å². The molecule has 1 amide bonds. The molecule has 2 aromatic rings. The molecule has 23 heavy (non-hydrogen) atoms. The molecule has 0 heterocycles. The van der Waals surface area contributed by atoms with Crippen LogP contribution in [0.2, 0.25) is 0 Å². The van der Waals surface area contributed by atoms with Crippen LogP contribution in [0.1, 0.15) is 20.7 Å². The topological polar surface area (TPSA) is 98.7 Å². The third-order valence-corrected chi connectivity index (χ3v) is 3.67. The van der Waals surface area contributed by atoms with E-state index >= 15 is 0 Å². The molecule has 0 aromatic heterocycles. The van der Waals surface area contributed by atoms with Crippen LogP contribution in [0.15, 0.2) is 42.5 Å². The minimum atomic E-state index is -1.23. The summed E-state index contributed by atoms with van der Waals surface area (Å²) in [5, 5.41) is 23.7. The molecular weight excluding hydrogens is 431 g/mol. The number of phenols is 1. The van der Waals surface area contributed by atoms with Crippen LogP contribution in [0.25, 0.3) is 0 Å². The zero-order chi connectivity index (χ0) is 17.0. The van der Waals surface area contributed by atoms with Crippen molar-refractivity contribution in [2.24, 2.45) is 0 Å². The summed E-state index contributed by atoms with van der Waals surface area (Å²) in [6.45, 7) is 0. The molecule has 2 aromatic carbocycles. The number of carboxylic acid groups (broad SMARTS) is 1. The van der Waals surface area contributed by atoms with Crippen molar-refractivity contribution >= 4 is 57.5 Å². The van der Waals surface area contributed by atoms with E-state index in [-0.39, 0.29) is 16.6 Å². The summed E-state index contributed by atoms with van der Waals surface area (Å²) in [6, 6.07) is 10.9. The van der Waals surface area contributed by atoms with Crippen molar-refractivity contribution in [1.29, 1.82) is 0 Å². The number of halogens is 1. The zero-order valence-corrected chi connectivity index (χ0v) is 14.5. The Kier molecular flexibility index (Phi) is 5.50. The molecule has 0 saturated heterocycles. The van der Waals surface area contributed by atoms with E-state index in [4.69, 9.17) is 17.3 Å². The van der Waals surface area contributed by atoms with Crippen LogP contribution >= 0.6 is 34.8 Å². The number of aromatic hydroxyl groups is 1. The number of hydrogen-bond acceptors (Lipinski definition) is 4. The van der Waals surface area contributed by atoms with Crippen molar-refractivity contribution < 1.29 is 19.8 Å². The highest BCUT2D eigenvalue weighted by molar-refractivity contribution is 14.1. The molecule has 118 valence electrons. The Morgan fingerprint density at radius 1 is 1.13 bits per heavy atom. The number of carbonyl (C=O) groups is 2. The number of rotatable bonds is 3. The lowest BCUT2D eigenvalue weighted by atomic mass is 10.2. The monoisotopic (exact) mass is 442 g/mol. The van der Waals surface area contributed by atoms with E-state index in [0.29, 0.717) is 11.3 Å². The number of carboxylic acids is 1. The predicted octanol–water partition coefficient (Wildman–Crippen LogP) is 2.82. The fourth-order valence-electron chi connectivity index (χ4n) is 1.76. The van der Waals surface area contributed by atoms with Crippen LogP contribution < -0.4 is 10.6 Å². The van der Waals surface area contributed by atoms with E-state index in [2.05, 4.69) is 33.2 Å². The molecule has 0 unspecified atom stereocenters. The average molecular weight is 442 g/mol. The number of aromatic carboxylic acids is 1. The first kappa shape index (κ1) is 17.2. The zero-order valence-electron chi connectivity index (χ0n) is 11.5. The van der Waals surface area contributed by atoms with Crippen molar-refractivity contribution in [2.75, 3.05) is 5.32 Å². The summed E-state index contributed by atoms with van der Waals surface area (Å²) in [5.41, 5.74) is 0.606. The van der Waals surface area contributed by atoms with Crippen LogP contribution in [0.3, 0.4) is 0 Å². The number of carbonyl (C=O) groups excluding carboxylic acids is 1. The second-order valence-corrected chi connectivity index (χ2v) is 6.11. The quantitative estimate of drug-likeness (QED) is 0.431. The first-order chi connectivity index (χ1) is 10.9. The van der Waals surface area contributed by atoms with Crippen LogP contribution in [-0.2, 0) is 0 Å². The maximum atomic E-state index is 12.0. The van der Waals surface area contributed by atoms with Gasteiger partial charge in [-0.25, -0.2) is 4.79 Å². The number of benzene rings is 2. The molecule has 6 nitrogen and oxygen atoms in total. The number of anilines is 1. The van der Waals surface area contributed by atoms with Gasteiger partial charge in [0.1, 0.15) is 11.3 Å². The summed E-state index contributed by atoms with van der Waals surface area (Å²) in [4.78, 5) is 22.9. The summed E-state index contributed by atoms with van der Waals surface area (Å²) < 4.78 is 0.920. The lowest BCUT2D eigenvalue weighted by Crippen LogP contribution is -2.34. The Hall–Kier alpha value is -2.20. The third-order valence-electron chi connectivity index (χ3n) is 2.80. The normalized spacial score (nSPS) is 9.96. The lowest BCUT2D eigenvalue weighted by molar-refractivity contribution is 0.0693. The Balaban J connectivity index is 2.03. The first-order valence-electron chi connectivity index (χ1n) is 6.31. The molecule has 0 atom stereocenters. The standard InChI is InChI=1S/C15H11IN2O4S/c16-9-3-1-2-8(6-9)13(20)18-15(23)17-10-4-5-11(14(21)22)12(19)7-10/h1-7,19H,(H,21,22)(H2,17,18,20,23). The molecule has 0 saturated carbocycles. The molecular formula is C15H11IN2O4S. The fraction of sp³-hybridized carbons (Fsp3) is 0. The third kappa shape index (κ3) is 4.63. The summed E-state index contributed by atoms with van der Waals surface area (Å²) in [6.07, 6.45) is 0. The van der Waals surface area contributed by atoms with Crippen LogP contribution in [0.4, 0.5) is 5.69 Å². The largest absolute Gasteiger partial charge is 0.507 e. The van der Waals surface area contributed by atoms with Gasteiger partial charge in [0.2, 0.25) is 0 Å². The minimum Gasteiger partial charge on any atom is -0.507 e. The van der Waals surface area contributed by atoms with Gasteiger partial charge in [-0.2, -0.15) is 0 Å². The average Bonchev–Trinajstić information content (AvgIpc) is 2.46. The van der Waals surface area contributed by atoms with E-state index in [1.54, 1.807) is 18.2 Å². The Labute approximate surface area is 150 Å². The lowest BCUT2D eigenvalue weighted by Gasteiger charge is -2.10. The van der Waals surface area contributed by atoms with Crippen molar-refractivity contribution in [2.45, 2.75) is 0 Å². The molecule has 2 rings (SSSR count). The van der Waals surface area contributed by atoms with Gasteiger partial charge < -0.3 is 15.5 Å². The molecule has 0 fully saturated rings. The van der Waals surface area contributed by atoms with Gasteiger partial charge in [0.05, 0.1) is 0 Å². The molecule has 0 aliphatic rings. The molecule has 0 bridgehead atoms. The number of amides is 1. The van der Waals surface area contributed by atoms with Gasteiger partial charge in [0.25, 0.3) is 5.91 Å². The van der Waals surface area contributed by atoms with Gasteiger partial charge in [0, 0.05) is 20.9 Å². The van der Waals surface area contributed by atoms with E-state index in [9.17, 15) is 14.7 Å². The second-order valence-electron chi connectivity index (χ2n) is 4.46. The Bertz CT molecular complexity index is 795. The molecule has 8 heteroatoms. The fourth-order valence-corrected chi connectivity index (χ4v) is 2.51.